The molecule has 0 aromatic heterocycles. The summed E-state index contributed by atoms with van der Waals surface area (Å²) < 4.78 is 0. The van der Waals surface area contributed by atoms with Gasteiger partial charge in [-0.1, -0.05) is 37.3 Å². The lowest BCUT2D eigenvalue weighted by molar-refractivity contribution is -0.131. The molecule has 1 saturated heterocycles. The lowest BCUT2D eigenvalue weighted by atomic mass is 9.92. The number of nitrogens with one attached hydrogen (secondary N) is 1. The van der Waals surface area contributed by atoms with E-state index in [2.05, 4.69) is 5.32 Å². The third-order valence-corrected chi connectivity index (χ3v) is 3.07. The van der Waals surface area contributed by atoms with Crippen molar-refractivity contribution in [2.24, 2.45) is 0 Å². The first kappa shape index (κ1) is 11.6. The molecule has 1 unspecified atom stereocenters. The first-order chi connectivity index (χ1) is 8.09. The number of rotatable bonds is 3. The van der Waals surface area contributed by atoms with Gasteiger partial charge in [0, 0.05) is 6.54 Å². The van der Waals surface area contributed by atoms with Crippen molar-refractivity contribution in [3.8, 4) is 0 Å². The van der Waals surface area contributed by atoms with Crippen molar-refractivity contribution in [1.29, 1.82) is 0 Å². The van der Waals surface area contributed by atoms with Gasteiger partial charge in [-0.3, -0.25) is 9.69 Å². The molecule has 1 atom stereocenters. The van der Waals surface area contributed by atoms with Crippen LogP contribution in [0.25, 0.3) is 0 Å². The molecule has 1 N–H and O–H groups in total. The van der Waals surface area contributed by atoms with Crippen LogP contribution in [0.3, 0.4) is 0 Å². The Kier molecular flexibility index (Phi) is 2.88. The number of amides is 3. The number of nitrogens with zero attached hydrogens (tertiary/aromatic N) is 1. The van der Waals surface area contributed by atoms with Gasteiger partial charge in [0.2, 0.25) is 0 Å². The second-order valence-electron chi connectivity index (χ2n) is 4.38. The van der Waals surface area contributed by atoms with Crippen LogP contribution in [0.4, 0.5) is 4.79 Å². The Morgan fingerprint density at radius 1 is 1.24 bits per heavy atom. The van der Waals surface area contributed by atoms with Crippen LogP contribution in [0.2, 0.25) is 0 Å². The largest absolute Gasteiger partial charge is 0.325 e. The van der Waals surface area contributed by atoms with E-state index in [9.17, 15) is 9.59 Å². The molecule has 1 aromatic rings. The van der Waals surface area contributed by atoms with E-state index in [4.69, 9.17) is 0 Å². The lowest BCUT2D eigenvalue weighted by Crippen LogP contribution is -2.40. The van der Waals surface area contributed by atoms with E-state index < -0.39 is 5.54 Å². The van der Waals surface area contributed by atoms with E-state index in [0.29, 0.717) is 6.54 Å². The van der Waals surface area contributed by atoms with Gasteiger partial charge in [0.25, 0.3) is 5.91 Å². The smallest absolute Gasteiger partial charge is 0.319 e. The van der Waals surface area contributed by atoms with Gasteiger partial charge in [0.1, 0.15) is 5.54 Å². The van der Waals surface area contributed by atoms with E-state index in [0.717, 1.165) is 12.0 Å². The molecule has 0 radical (unpaired) electrons. The predicted octanol–water partition coefficient (Wildman–Crippen LogP) is 1.86. The van der Waals surface area contributed by atoms with E-state index >= 15 is 0 Å². The quantitative estimate of drug-likeness (QED) is 0.809. The molecular weight excluding hydrogens is 216 g/mol. The summed E-state index contributed by atoms with van der Waals surface area (Å²) in [5.41, 5.74) is -0.106. The summed E-state index contributed by atoms with van der Waals surface area (Å²) in [5, 5.41) is 2.77. The molecule has 17 heavy (non-hydrogen) atoms. The molecule has 0 bridgehead atoms. The Labute approximate surface area is 101 Å². The van der Waals surface area contributed by atoms with Gasteiger partial charge in [0.05, 0.1) is 0 Å². The predicted molar refractivity (Wildman–Crippen MR) is 64.3 cm³/mol. The minimum Gasteiger partial charge on any atom is -0.319 e. The van der Waals surface area contributed by atoms with Crippen LogP contribution >= 0.6 is 0 Å². The minimum absolute atomic E-state index is 0.171. The summed E-state index contributed by atoms with van der Waals surface area (Å²) >= 11 is 0. The first-order valence-corrected chi connectivity index (χ1v) is 5.79. The maximum Gasteiger partial charge on any atom is 0.325 e. The summed E-state index contributed by atoms with van der Waals surface area (Å²) in [6.07, 6.45) is 0.768. The van der Waals surface area contributed by atoms with Crippen molar-refractivity contribution in [3.63, 3.8) is 0 Å². The van der Waals surface area contributed by atoms with E-state index in [1.54, 1.807) is 6.92 Å². The number of carbonyl (C=O) groups excluding carboxylic acids is 2. The molecule has 4 nitrogen and oxygen atoms in total. The molecule has 1 aromatic carbocycles. The molecule has 1 aliphatic heterocycles. The molecular formula is C13H16N2O2. The van der Waals surface area contributed by atoms with Gasteiger partial charge in [-0.05, 0) is 18.9 Å². The highest BCUT2D eigenvalue weighted by Gasteiger charge is 2.48. The molecule has 0 saturated carbocycles. The number of benzene rings is 1. The minimum atomic E-state index is -0.923. The summed E-state index contributed by atoms with van der Waals surface area (Å²) in [7, 11) is 0. The number of hydrogen-bond acceptors (Lipinski definition) is 2. The summed E-state index contributed by atoms with van der Waals surface area (Å²) in [6, 6.07) is 9.02. The maximum absolute atomic E-state index is 12.3. The average molecular weight is 232 g/mol. The zero-order valence-electron chi connectivity index (χ0n) is 10.1. The van der Waals surface area contributed by atoms with Gasteiger partial charge < -0.3 is 5.32 Å². The van der Waals surface area contributed by atoms with Crippen LogP contribution in [-0.2, 0) is 10.3 Å². The highest BCUT2D eigenvalue weighted by molar-refractivity contribution is 6.07. The van der Waals surface area contributed by atoms with Crippen molar-refractivity contribution in [1.82, 2.24) is 10.2 Å². The molecule has 1 fully saturated rings. The summed E-state index contributed by atoms with van der Waals surface area (Å²) in [6.45, 7) is 4.16. The molecule has 1 heterocycles. The number of hydrogen-bond donors (Lipinski definition) is 1. The molecule has 0 spiro atoms. The van der Waals surface area contributed by atoms with Crippen LogP contribution in [0.1, 0.15) is 25.8 Å². The van der Waals surface area contributed by atoms with Crippen LogP contribution in [0.15, 0.2) is 30.3 Å². The van der Waals surface area contributed by atoms with Crippen molar-refractivity contribution >= 4 is 11.9 Å². The number of carbonyl (C=O) groups is 2. The van der Waals surface area contributed by atoms with Gasteiger partial charge in [-0.2, -0.15) is 0 Å². The van der Waals surface area contributed by atoms with Crippen molar-refractivity contribution in [2.45, 2.75) is 25.8 Å². The Morgan fingerprint density at radius 3 is 2.47 bits per heavy atom. The number of imide groups is 1. The van der Waals surface area contributed by atoms with Crippen LogP contribution in [0, 0.1) is 0 Å². The zero-order valence-corrected chi connectivity index (χ0v) is 10.1. The van der Waals surface area contributed by atoms with E-state index in [1.165, 1.54) is 4.90 Å². The van der Waals surface area contributed by atoms with Crippen molar-refractivity contribution in [3.05, 3.63) is 35.9 Å². The van der Waals surface area contributed by atoms with E-state index in [1.807, 2.05) is 37.3 Å². The Hall–Kier alpha value is -1.84. The second kappa shape index (κ2) is 4.20. The average Bonchev–Trinajstić information content (AvgIpc) is 2.56. The topological polar surface area (TPSA) is 49.4 Å². The summed E-state index contributed by atoms with van der Waals surface area (Å²) in [5.74, 6) is -0.171. The highest BCUT2D eigenvalue weighted by atomic mass is 16.2. The van der Waals surface area contributed by atoms with Crippen LogP contribution in [0.5, 0.6) is 0 Å². The fourth-order valence-corrected chi connectivity index (χ4v) is 2.09. The molecule has 4 heteroatoms. The number of urea groups is 1. The van der Waals surface area contributed by atoms with Crippen molar-refractivity contribution in [2.75, 3.05) is 6.54 Å². The SMILES string of the molecule is CCCN1C(=O)NC(C)(c2ccccc2)C1=O. The molecule has 0 aliphatic carbocycles. The normalized spacial score (nSPS) is 24.0. The van der Waals surface area contributed by atoms with Crippen molar-refractivity contribution < 1.29 is 9.59 Å². The van der Waals surface area contributed by atoms with Crippen LogP contribution < -0.4 is 5.32 Å². The molecule has 1 aliphatic rings. The summed E-state index contributed by atoms with van der Waals surface area (Å²) in [4.78, 5) is 25.3. The second-order valence-corrected chi connectivity index (χ2v) is 4.38. The maximum atomic E-state index is 12.3. The van der Waals surface area contributed by atoms with Gasteiger partial charge >= 0.3 is 6.03 Å². The lowest BCUT2D eigenvalue weighted by Gasteiger charge is -2.21. The van der Waals surface area contributed by atoms with E-state index in [-0.39, 0.29) is 11.9 Å². The fraction of sp³-hybridized carbons (Fsp3) is 0.385. The van der Waals surface area contributed by atoms with Crippen LogP contribution in [-0.4, -0.2) is 23.4 Å². The third-order valence-electron chi connectivity index (χ3n) is 3.07. The van der Waals surface area contributed by atoms with Gasteiger partial charge in [0.15, 0.2) is 0 Å². The Bertz CT molecular complexity index is 444. The standard InChI is InChI=1S/C13H16N2O2/c1-3-9-15-11(16)13(2,14-12(15)17)10-7-5-4-6-8-10/h4-8H,3,9H2,1-2H3,(H,14,17). The highest BCUT2D eigenvalue weighted by Crippen LogP contribution is 2.28. The molecule has 90 valence electrons. The third kappa shape index (κ3) is 1.79. The Balaban J connectivity index is 2.35. The van der Waals surface area contributed by atoms with Gasteiger partial charge in [-0.15, -0.1) is 0 Å². The Morgan fingerprint density at radius 2 is 1.88 bits per heavy atom. The van der Waals surface area contributed by atoms with Gasteiger partial charge in [-0.25, -0.2) is 4.79 Å². The first-order valence-electron chi connectivity index (χ1n) is 5.79. The fourth-order valence-electron chi connectivity index (χ4n) is 2.09. The molecule has 2 rings (SSSR count). The monoisotopic (exact) mass is 232 g/mol. The zero-order chi connectivity index (χ0) is 12.5. The molecule has 3 amide bonds.